The zero-order valence-electron chi connectivity index (χ0n) is 9.15. The molecule has 0 spiro atoms. The first-order valence-corrected chi connectivity index (χ1v) is 4.60. The third kappa shape index (κ3) is 2.44. The Morgan fingerprint density at radius 3 is 2.62 bits per heavy atom. The second kappa shape index (κ2) is 4.57. The lowest BCUT2D eigenvalue weighted by Crippen LogP contribution is -2.03. The van der Waals surface area contributed by atoms with E-state index in [4.69, 9.17) is 11.5 Å². The van der Waals surface area contributed by atoms with Crippen molar-refractivity contribution in [2.24, 2.45) is 5.73 Å². The van der Waals surface area contributed by atoms with Crippen LogP contribution in [0.25, 0.3) is 6.08 Å². The van der Waals surface area contributed by atoms with Crippen molar-refractivity contribution in [1.82, 2.24) is 0 Å². The van der Waals surface area contributed by atoms with Crippen molar-refractivity contribution in [3.05, 3.63) is 29.0 Å². The summed E-state index contributed by atoms with van der Waals surface area (Å²) in [7, 11) is 1.26. The summed E-state index contributed by atoms with van der Waals surface area (Å²) in [4.78, 5) is 11.3. The van der Waals surface area contributed by atoms with Crippen molar-refractivity contribution in [3.63, 3.8) is 0 Å². The van der Waals surface area contributed by atoms with Gasteiger partial charge >= 0.3 is 5.97 Å². The van der Waals surface area contributed by atoms with Gasteiger partial charge in [0.25, 0.3) is 0 Å². The summed E-state index contributed by atoms with van der Waals surface area (Å²) in [5.74, 6) is -0.713. The molecule has 0 aliphatic heterocycles. The van der Waals surface area contributed by atoms with Crippen LogP contribution in [-0.4, -0.2) is 18.2 Å². The largest absolute Gasteiger partial charge is 0.506 e. The van der Waals surface area contributed by atoms with Crippen LogP contribution >= 0.6 is 0 Å². The molecule has 0 heterocycles. The van der Waals surface area contributed by atoms with Crippen LogP contribution in [-0.2, 0) is 4.74 Å². The molecule has 16 heavy (non-hydrogen) atoms. The van der Waals surface area contributed by atoms with Crippen LogP contribution in [0.5, 0.6) is 5.75 Å². The highest BCUT2D eigenvalue weighted by Crippen LogP contribution is 2.27. The predicted octanol–water partition coefficient (Wildman–Crippen LogP) is 1.08. The van der Waals surface area contributed by atoms with E-state index in [0.29, 0.717) is 11.3 Å². The molecule has 0 radical (unpaired) electrons. The molecule has 5 N–H and O–H groups in total. The number of nitrogen functional groups attached to an aromatic ring is 1. The molecule has 0 aromatic heterocycles. The molecular formula is C11H14N2O3. The number of allylic oxidation sites excluding steroid dienone is 1. The Balaban J connectivity index is 3.33. The number of phenolic OH excluding ortho intramolecular Hbond substituents is 1. The van der Waals surface area contributed by atoms with E-state index in [1.165, 1.54) is 19.2 Å². The fourth-order valence-electron chi connectivity index (χ4n) is 1.26. The number of ether oxygens (including phenoxy) is 1. The van der Waals surface area contributed by atoms with Crippen LogP contribution in [0.3, 0.4) is 0 Å². The minimum atomic E-state index is -0.542. The Labute approximate surface area is 93.3 Å². The molecule has 1 aromatic carbocycles. The minimum Gasteiger partial charge on any atom is -0.506 e. The highest BCUT2D eigenvalue weighted by Gasteiger charge is 2.11. The summed E-state index contributed by atoms with van der Waals surface area (Å²) in [6.07, 6.45) is 1.57. The normalized spacial score (nSPS) is 11.2. The van der Waals surface area contributed by atoms with E-state index >= 15 is 0 Å². The summed E-state index contributed by atoms with van der Waals surface area (Å²) in [5.41, 5.74) is 12.6. The number of carbonyl (C=O) groups excluding carboxylic acids is 1. The standard InChI is InChI=1S/C11H14N2O3/c1-6(12)3-7-4-8(11(15)16-2)5-9(14)10(7)13/h3-5,14H,12-13H2,1-2H3/b6-3-. The SMILES string of the molecule is COC(=O)c1cc(O)c(N)c(/C=C(/C)N)c1. The van der Waals surface area contributed by atoms with Gasteiger partial charge in [0.2, 0.25) is 0 Å². The van der Waals surface area contributed by atoms with Crippen molar-refractivity contribution in [2.45, 2.75) is 6.92 Å². The highest BCUT2D eigenvalue weighted by molar-refractivity contribution is 5.92. The molecule has 0 unspecified atom stereocenters. The third-order valence-electron chi connectivity index (χ3n) is 1.99. The van der Waals surface area contributed by atoms with Gasteiger partial charge < -0.3 is 21.3 Å². The quantitative estimate of drug-likeness (QED) is 0.395. The van der Waals surface area contributed by atoms with Gasteiger partial charge in [-0.05, 0) is 25.1 Å². The molecule has 0 atom stereocenters. The fraction of sp³-hybridized carbons (Fsp3) is 0.182. The number of nitrogens with two attached hydrogens (primary N) is 2. The van der Waals surface area contributed by atoms with Gasteiger partial charge in [-0.1, -0.05) is 0 Å². The first kappa shape index (κ1) is 11.9. The summed E-state index contributed by atoms with van der Waals surface area (Å²) >= 11 is 0. The zero-order chi connectivity index (χ0) is 12.3. The molecule has 0 saturated carbocycles. The van der Waals surface area contributed by atoms with E-state index in [1.54, 1.807) is 13.0 Å². The first-order chi connectivity index (χ1) is 7.45. The lowest BCUT2D eigenvalue weighted by atomic mass is 10.1. The molecule has 0 bridgehead atoms. The average molecular weight is 222 g/mol. The van der Waals surface area contributed by atoms with Crippen LogP contribution in [0, 0.1) is 0 Å². The summed E-state index contributed by atoms with van der Waals surface area (Å²) in [5, 5.41) is 9.54. The van der Waals surface area contributed by atoms with Gasteiger partial charge in [0.05, 0.1) is 18.4 Å². The van der Waals surface area contributed by atoms with Crippen LogP contribution < -0.4 is 11.5 Å². The molecule has 0 saturated heterocycles. The topological polar surface area (TPSA) is 98.6 Å². The fourth-order valence-corrected chi connectivity index (χ4v) is 1.26. The number of anilines is 1. The van der Waals surface area contributed by atoms with Crippen molar-refractivity contribution < 1.29 is 14.6 Å². The summed E-state index contributed by atoms with van der Waals surface area (Å²) < 4.78 is 4.55. The van der Waals surface area contributed by atoms with Gasteiger partial charge in [-0.3, -0.25) is 0 Å². The van der Waals surface area contributed by atoms with Crippen molar-refractivity contribution in [1.29, 1.82) is 0 Å². The monoisotopic (exact) mass is 222 g/mol. The smallest absolute Gasteiger partial charge is 0.338 e. The predicted molar refractivity (Wildman–Crippen MR) is 61.7 cm³/mol. The number of esters is 1. The molecule has 1 aromatic rings. The number of aromatic hydroxyl groups is 1. The van der Waals surface area contributed by atoms with Crippen molar-refractivity contribution >= 4 is 17.7 Å². The Hall–Kier alpha value is -2.17. The van der Waals surface area contributed by atoms with E-state index in [-0.39, 0.29) is 17.0 Å². The highest BCUT2D eigenvalue weighted by atomic mass is 16.5. The Morgan fingerprint density at radius 2 is 2.12 bits per heavy atom. The molecular weight excluding hydrogens is 208 g/mol. The van der Waals surface area contributed by atoms with Crippen molar-refractivity contribution in [2.75, 3.05) is 12.8 Å². The van der Waals surface area contributed by atoms with Gasteiger partial charge in [-0.25, -0.2) is 4.79 Å². The van der Waals surface area contributed by atoms with E-state index in [1.807, 2.05) is 0 Å². The Kier molecular flexibility index (Phi) is 3.40. The lowest BCUT2D eigenvalue weighted by Gasteiger charge is -2.07. The molecule has 0 fully saturated rings. The van der Waals surface area contributed by atoms with Crippen LogP contribution in [0.1, 0.15) is 22.8 Å². The molecule has 0 aliphatic carbocycles. The molecule has 5 nitrogen and oxygen atoms in total. The van der Waals surface area contributed by atoms with E-state index < -0.39 is 5.97 Å². The Bertz CT molecular complexity index is 449. The number of phenols is 1. The van der Waals surface area contributed by atoms with Crippen LogP contribution in [0.4, 0.5) is 5.69 Å². The van der Waals surface area contributed by atoms with E-state index in [2.05, 4.69) is 4.74 Å². The molecule has 0 amide bonds. The first-order valence-electron chi connectivity index (χ1n) is 4.60. The van der Waals surface area contributed by atoms with Crippen LogP contribution in [0.2, 0.25) is 0 Å². The third-order valence-corrected chi connectivity index (χ3v) is 1.99. The summed E-state index contributed by atoms with van der Waals surface area (Å²) in [6.45, 7) is 1.68. The number of hydrogen-bond donors (Lipinski definition) is 3. The maximum Gasteiger partial charge on any atom is 0.338 e. The number of hydrogen-bond acceptors (Lipinski definition) is 5. The van der Waals surface area contributed by atoms with Gasteiger partial charge in [0.15, 0.2) is 0 Å². The second-order valence-corrected chi connectivity index (χ2v) is 3.38. The maximum atomic E-state index is 11.3. The lowest BCUT2D eigenvalue weighted by molar-refractivity contribution is 0.0600. The number of benzene rings is 1. The van der Waals surface area contributed by atoms with Gasteiger partial charge in [0.1, 0.15) is 5.75 Å². The van der Waals surface area contributed by atoms with Crippen molar-refractivity contribution in [3.8, 4) is 5.75 Å². The second-order valence-electron chi connectivity index (χ2n) is 3.38. The van der Waals surface area contributed by atoms with Gasteiger partial charge in [0, 0.05) is 11.3 Å². The van der Waals surface area contributed by atoms with Gasteiger partial charge in [-0.15, -0.1) is 0 Å². The zero-order valence-corrected chi connectivity index (χ0v) is 9.15. The van der Waals surface area contributed by atoms with Gasteiger partial charge in [-0.2, -0.15) is 0 Å². The van der Waals surface area contributed by atoms with E-state index in [0.717, 1.165) is 0 Å². The summed E-state index contributed by atoms with van der Waals surface area (Å²) in [6, 6.07) is 2.77. The van der Waals surface area contributed by atoms with E-state index in [9.17, 15) is 9.90 Å². The minimum absolute atomic E-state index is 0.171. The maximum absolute atomic E-state index is 11.3. The number of rotatable bonds is 2. The molecule has 86 valence electrons. The number of carbonyl (C=O) groups is 1. The molecule has 0 aliphatic rings. The Morgan fingerprint density at radius 1 is 1.50 bits per heavy atom. The average Bonchev–Trinajstić information content (AvgIpc) is 2.22. The van der Waals surface area contributed by atoms with Crippen LogP contribution in [0.15, 0.2) is 17.8 Å². The molecule has 1 rings (SSSR count). The molecule has 5 heteroatoms. The number of methoxy groups -OCH3 is 1.